The van der Waals surface area contributed by atoms with Gasteiger partial charge in [0.15, 0.2) is 0 Å². The summed E-state index contributed by atoms with van der Waals surface area (Å²) in [4.78, 5) is 26.7. The molecule has 1 aliphatic carbocycles. The summed E-state index contributed by atoms with van der Waals surface area (Å²) in [6.07, 6.45) is 7.39. The summed E-state index contributed by atoms with van der Waals surface area (Å²) >= 11 is 3.48. The maximum atomic E-state index is 12.8. The van der Waals surface area contributed by atoms with E-state index in [1.807, 2.05) is 12.1 Å². The van der Waals surface area contributed by atoms with Crippen molar-refractivity contribution in [3.63, 3.8) is 0 Å². The molecule has 0 spiro atoms. The number of amides is 2. The second kappa shape index (κ2) is 9.52. The van der Waals surface area contributed by atoms with E-state index in [0.29, 0.717) is 13.0 Å². The van der Waals surface area contributed by atoms with Crippen LogP contribution in [0.2, 0.25) is 0 Å². The predicted molar refractivity (Wildman–Crippen MR) is 128 cm³/mol. The van der Waals surface area contributed by atoms with Gasteiger partial charge in [-0.2, -0.15) is 0 Å². The lowest BCUT2D eigenvalue weighted by Gasteiger charge is -2.31. The number of aromatic hydroxyl groups is 1. The molecule has 2 aliphatic heterocycles. The van der Waals surface area contributed by atoms with Gasteiger partial charge in [-0.1, -0.05) is 53.4 Å². The maximum absolute atomic E-state index is 12.8. The summed E-state index contributed by atoms with van der Waals surface area (Å²) in [6, 6.07) is 5.48. The lowest BCUT2D eigenvalue weighted by Crippen LogP contribution is -2.33. The van der Waals surface area contributed by atoms with Crippen molar-refractivity contribution < 1.29 is 19.4 Å². The Bertz CT molecular complexity index is 982. The second-order valence-electron chi connectivity index (χ2n) is 9.21. The van der Waals surface area contributed by atoms with E-state index >= 15 is 0 Å². The molecule has 0 aromatic heterocycles. The second-order valence-corrected chi connectivity index (χ2v) is 10.1. The predicted octanol–water partition coefficient (Wildman–Crippen LogP) is 5.47. The Hall–Kier alpha value is -1.92. The normalized spacial score (nSPS) is 27.9. The van der Waals surface area contributed by atoms with Crippen LogP contribution in [0.25, 0.3) is 6.08 Å². The van der Waals surface area contributed by atoms with Gasteiger partial charge in [0, 0.05) is 23.0 Å². The zero-order valence-electron chi connectivity index (χ0n) is 19.1. The van der Waals surface area contributed by atoms with Crippen LogP contribution in [0.3, 0.4) is 0 Å². The highest BCUT2D eigenvalue weighted by Gasteiger charge is 2.55. The Morgan fingerprint density at radius 3 is 2.72 bits per heavy atom. The number of hydrogen-bond acceptors (Lipinski definition) is 4. The summed E-state index contributed by atoms with van der Waals surface area (Å²) in [5.74, 6) is -0.237. The summed E-state index contributed by atoms with van der Waals surface area (Å²) in [6.45, 7) is 4.82. The number of fused-ring (bicyclic) bond motifs is 3. The molecule has 5 nitrogen and oxygen atoms in total. The van der Waals surface area contributed by atoms with Gasteiger partial charge in [0.25, 0.3) is 0 Å². The summed E-state index contributed by atoms with van der Waals surface area (Å²) < 4.78 is 7.20. The number of ether oxygens (including phenoxy) is 1. The van der Waals surface area contributed by atoms with Crippen molar-refractivity contribution in [2.75, 3.05) is 13.7 Å². The molecule has 0 unspecified atom stereocenters. The number of nitrogens with zero attached hydrogens (tertiary/aromatic N) is 1. The van der Waals surface area contributed by atoms with E-state index < -0.39 is 0 Å². The van der Waals surface area contributed by atoms with E-state index in [-0.39, 0.29) is 41.4 Å². The highest BCUT2D eigenvalue weighted by atomic mass is 79.9. The van der Waals surface area contributed by atoms with Crippen LogP contribution in [-0.4, -0.2) is 41.6 Å². The molecule has 1 aromatic rings. The van der Waals surface area contributed by atoms with Gasteiger partial charge in [-0.3, -0.25) is 14.5 Å². The van der Waals surface area contributed by atoms with E-state index in [4.69, 9.17) is 4.74 Å². The Labute approximate surface area is 198 Å². The molecule has 4 rings (SSSR count). The van der Waals surface area contributed by atoms with E-state index in [0.717, 1.165) is 42.1 Å². The first-order chi connectivity index (χ1) is 15.3. The number of rotatable bonds is 7. The largest absolute Gasteiger partial charge is 0.507 e. The van der Waals surface area contributed by atoms with Crippen LogP contribution in [0.15, 0.2) is 39.4 Å². The van der Waals surface area contributed by atoms with E-state index in [1.165, 1.54) is 21.6 Å². The zero-order valence-corrected chi connectivity index (χ0v) is 20.7. The maximum Gasteiger partial charge on any atom is 0.233 e. The third-order valence-electron chi connectivity index (χ3n) is 7.30. The fourth-order valence-corrected chi connectivity index (χ4v) is 6.12. The molecule has 0 saturated carbocycles. The highest BCUT2D eigenvalue weighted by molar-refractivity contribution is 9.10. The van der Waals surface area contributed by atoms with Crippen molar-refractivity contribution in [1.29, 1.82) is 0 Å². The zero-order chi connectivity index (χ0) is 23.0. The van der Waals surface area contributed by atoms with Crippen molar-refractivity contribution >= 4 is 33.8 Å². The van der Waals surface area contributed by atoms with Crippen molar-refractivity contribution in [3.05, 3.63) is 45.0 Å². The average molecular weight is 502 g/mol. The molecule has 2 saturated heterocycles. The van der Waals surface area contributed by atoms with Gasteiger partial charge in [0.2, 0.25) is 11.8 Å². The number of carbonyl (C=O) groups excluding carboxylic acids is 2. The van der Waals surface area contributed by atoms with Gasteiger partial charge in [-0.05, 0) is 55.9 Å². The Balaban J connectivity index is 1.55. The SMILES string of the molecule is CCC/C(=C\c1cc(Br)ccc1O)CC[C@H]1OC[C@H]2C1=C(CC)C[C@H]1C(=O)N(C)C(=O)[C@H]12. The molecule has 32 heavy (non-hydrogen) atoms. The summed E-state index contributed by atoms with van der Waals surface area (Å²) in [5, 5.41) is 10.2. The molecule has 2 fully saturated rings. The Kier molecular flexibility index (Phi) is 6.91. The van der Waals surface area contributed by atoms with Gasteiger partial charge in [-0.15, -0.1) is 0 Å². The fourth-order valence-electron chi connectivity index (χ4n) is 5.74. The Morgan fingerprint density at radius 1 is 1.22 bits per heavy atom. The molecule has 2 amide bonds. The quantitative estimate of drug-likeness (QED) is 0.397. The van der Waals surface area contributed by atoms with Gasteiger partial charge in [0.05, 0.1) is 24.5 Å². The number of halogens is 1. The smallest absolute Gasteiger partial charge is 0.233 e. The molecule has 172 valence electrons. The molecule has 1 aromatic carbocycles. The topological polar surface area (TPSA) is 66.8 Å². The minimum Gasteiger partial charge on any atom is -0.507 e. The number of phenolic OH excluding ortho intramolecular Hbond substituents is 1. The van der Waals surface area contributed by atoms with Crippen molar-refractivity contribution in [1.82, 2.24) is 4.90 Å². The highest BCUT2D eigenvalue weighted by Crippen LogP contribution is 2.50. The van der Waals surface area contributed by atoms with E-state index in [2.05, 4.69) is 35.9 Å². The minimum absolute atomic E-state index is 0.000991. The van der Waals surface area contributed by atoms with Crippen LogP contribution in [0.5, 0.6) is 5.75 Å². The number of phenols is 1. The number of likely N-dealkylation sites (tertiary alicyclic amines) is 1. The van der Waals surface area contributed by atoms with Gasteiger partial charge >= 0.3 is 0 Å². The van der Waals surface area contributed by atoms with Gasteiger partial charge in [0.1, 0.15) is 5.75 Å². The lowest BCUT2D eigenvalue weighted by molar-refractivity contribution is -0.138. The molecule has 3 aliphatic rings. The van der Waals surface area contributed by atoms with Crippen molar-refractivity contribution in [2.45, 2.75) is 58.5 Å². The number of carbonyl (C=O) groups is 2. The fraction of sp³-hybridized carbons (Fsp3) is 0.538. The molecule has 0 bridgehead atoms. The number of imide groups is 1. The van der Waals surface area contributed by atoms with Crippen LogP contribution in [0.1, 0.15) is 57.9 Å². The van der Waals surface area contributed by atoms with Crippen molar-refractivity contribution in [3.8, 4) is 5.75 Å². The third-order valence-corrected chi connectivity index (χ3v) is 7.80. The summed E-state index contributed by atoms with van der Waals surface area (Å²) in [7, 11) is 1.61. The molecular weight excluding hydrogens is 470 g/mol. The summed E-state index contributed by atoms with van der Waals surface area (Å²) in [5.41, 5.74) is 4.69. The molecule has 0 radical (unpaired) electrons. The first kappa shape index (κ1) is 23.2. The van der Waals surface area contributed by atoms with Crippen LogP contribution in [-0.2, 0) is 14.3 Å². The average Bonchev–Trinajstić information content (AvgIpc) is 3.29. The molecule has 1 N–H and O–H groups in total. The molecule has 6 heteroatoms. The van der Waals surface area contributed by atoms with Gasteiger partial charge < -0.3 is 9.84 Å². The molecular formula is C26H32BrNO4. The minimum atomic E-state index is -0.257. The molecule has 4 atom stereocenters. The van der Waals surface area contributed by atoms with E-state index in [1.54, 1.807) is 13.1 Å². The van der Waals surface area contributed by atoms with Crippen LogP contribution < -0.4 is 0 Å². The van der Waals surface area contributed by atoms with E-state index in [9.17, 15) is 14.7 Å². The van der Waals surface area contributed by atoms with Crippen LogP contribution in [0, 0.1) is 17.8 Å². The number of benzene rings is 1. The first-order valence-electron chi connectivity index (χ1n) is 11.7. The first-order valence-corrected chi connectivity index (χ1v) is 12.5. The van der Waals surface area contributed by atoms with Crippen LogP contribution >= 0.6 is 15.9 Å². The third kappa shape index (κ3) is 4.19. The lowest BCUT2D eigenvalue weighted by atomic mass is 9.69. The number of hydrogen-bond donors (Lipinski definition) is 1. The van der Waals surface area contributed by atoms with Crippen molar-refractivity contribution in [2.24, 2.45) is 17.8 Å². The number of allylic oxidation sites excluding steroid dienone is 2. The van der Waals surface area contributed by atoms with Gasteiger partial charge in [-0.25, -0.2) is 0 Å². The Morgan fingerprint density at radius 2 is 2.00 bits per heavy atom. The van der Waals surface area contributed by atoms with Crippen LogP contribution in [0.4, 0.5) is 0 Å². The monoisotopic (exact) mass is 501 g/mol. The molecule has 2 heterocycles. The standard InChI is InChI=1S/C26H32BrNO4/c1-4-6-15(11-17-12-18(27)8-9-21(17)29)7-10-22-23-16(5-2)13-19-24(20(23)14-32-22)26(31)28(3)25(19)30/h8-9,11-12,19-20,22,24,29H,4-7,10,13-14H2,1-3H3/b15-11+/t19-,20+,22-,24-/m1/s1.